The highest BCUT2D eigenvalue weighted by Crippen LogP contribution is 2.53. The number of aliphatic hydroxyl groups is 1. The van der Waals surface area contributed by atoms with Gasteiger partial charge in [0, 0.05) is 23.4 Å². The molecule has 0 bridgehead atoms. The molecule has 2 unspecified atom stereocenters. The molecule has 3 heteroatoms. The average molecular weight is 223 g/mol. The van der Waals surface area contributed by atoms with Gasteiger partial charge in [0.15, 0.2) is 0 Å². The van der Waals surface area contributed by atoms with Gasteiger partial charge in [-0.3, -0.25) is 4.79 Å². The van der Waals surface area contributed by atoms with Crippen LogP contribution in [0.4, 0.5) is 0 Å². The average Bonchev–Trinajstić information content (AvgIpc) is 2.78. The largest absolute Gasteiger partial charge is 0.396 e. The highest BCUT2D eigenvalue weighted by molar-refractivity contribution is 5.85. The maximum absolute atomic E-state index is 12.4. The molecule has 1 N–H and O–H groups in total. The summed E-state index contributed by atoms with van der Waals surface area (Å²) in [5.74, 6) is 0.356. The summed E-state index contributed by atoms with van der Waals surface area (Å²) in [6.07, 6.45) is 6.50. The predicted octanol–water partition coefficient (Wildman–Crippen LogP) is 1.55. The van der Waals surface area contributed by atoms with Crippen LogP contribution < -0.4 is 0 Å². The fraction of sp³-hybridized carbons (Fsp3) is 0.923. The summed E-state index contributed by atoms with van der Waals surface area (Å²) < 4.78 is 0. The van der Waals surface area contributed by atoms with Gasteiger partial charge in [0.2, 0.25) is 5.91 Å². The summed E-state index contributed by atoms with van der Waals surface area (Å²) >= 11 is 0. The van der Waals surface area contributed by atoms with Gasteiger partial charge in [0.05, 0.1) is 6.61 Å². The highest BCUT2D eigenvalue weighted by atomic mass is 16.3. The zero-order chi connectivity index (χ0) is 11.4. The Balaban J connectivity index is 1.81. The lowest BCUT2D eigenvalue weighted by atomic mass is 9.83. The number of nitrogens with zero attached hydrogens (tertiary/aromatic N) is 1. The second-order valence-electron chi connectivity index (χ2n) is 6.24. The van der Waals surface area contributed by atoms with E-state index in [1.807, 2.05) is 0 Å². The number of amides is 1. The van der Waals surface area contributed by atoms with Crippen LogP contribution in [-0.2, 0) is 4.79 Å². The van der Waals surface area contributed by atoms with E-state index in [1.54, 1.807) is 0 Å². The molecule has 2 atom stereocenters. The second-order valence-corrected chi connectivity index (χ2v) is 6.24. The van der Waals surface area contributed by atoms with Crippen LogP contribution in [0.2, 0.25) is 0 Å². The summed E-state index contributed by atoms with van der Waals surface area (Å²) in [6, 6.07) is 0.336. The molecule has 1 saturated heterocycles. The van der Waals surface area contributed by atoms with Crippen molar-refractivity contribution in [2.24, 2.45) is 10.8 Å². The van der Waals surface area contributed by atoms with Crippen LogP contribution in [0.5, 0.6) is 0 Å². The molecule has 0 radical (unpaired) electrons. The molecule has 0 aromatic carbocycles. The van der Waals surface area contributed by atoms with Gasteiger partial charge in [-0.15, -0.1) is 0 Å². The van der Waals surface area contributed by atoms with Crippen molar-refractivity contribution in [3.8, 4) is 0 Å². The Kier molecular flexibility index (Phi) is 2.13. The van der Waals surface area contributed by atoms with Crippen molar-refractivity contribution in [3.05, 3.63) is 0 Å². The Bertz CT molecular complexity index is 324. The van der Waals surface area contributed by atoms with Gasteiger partial charge in [0.25, 0.3) is 0 Å². The van der Waals surface area contributed by atoms with Crippen LogP contribution in [0, 0.1) is 10.8 Å². The molecule has 1 aliphatic heterocycles. The highest BCUT2D eigenvalue weighted by Gasteiger charge is 2.56. The summed E-state index contributed by atoms with van der Waals surface area (Å²) in [7, 11) is 0. The van der Waals surface area contributed by atoms with Crippen molar-refractivity contribution >= 4 is 5.91 Å². The summed E-state index contributed by atoms with van der Waals surface area (Å²) in [4.78, 5) is 14.5. The van der Waals surface area contributed by atoms with E-state index in [-0.39, 0.29) is 17.4 Å². The van der Waals surface area contributed by atoms with Gasteiger partial charge in [-0.1, -0.05) is 13.3 Å². The van der Waals surface area contributed by atoms with E-state index in [9.17, 15) is 9.90 Å². The lowest BCUT2D eigenvalue weighted by Gasteiger charge is -2.32. The predicted molar refractivity (Wildman–Crippen MR) is 60.8 cm³/mol. The molecule has 0 aromatic heterocycles. The molecule has 0 spiro atoms. The van der Waals surface area contributed by atoms with Crippen LogP contribution in [0.15, 0.2) is 0 Å². The van der Waals surface area contributed by atoms with E-state index >= 15 is 0 Å². The monoisotopic (exact) mass is 223 g/mol. The Morgan fingerprint density at radius 3 is 2.75 bits per heavy atom. The van der Waals surface area contributed by atoms with Crippen molar-refractivity contribution < 1.29 is 9.90 Å². The van der Waals surface area contributed by atoms with E-state index in [1.165, 1.54) is 6.42 Å². The molecule has 2 saturated carbocycles. The number of aliphatic hydroxyl groups excluding tert-OH is 1. The topological polar surface area (TPSA) is 40.5 Å². The zero-order valence-corrected chi connectivity index (χ0v) is 10.0. The fourth-order valence-electron chi connectivity index (χ4n) is 3.65. The van der Waals surface area contributed by atoms with Crippen LogP contribution in [0.1, 0.15) is 45.4 Å². The number of fused-ring (bicyclic) bond motifs is 1. The molecular formula is C13H21NO2. The maximum Gasteiger partial charge on any atom is 0.228 e. The van der Waals surface area contributed by atoms with Gasteiger partial charge < -0.3 is 10.0 Å². The minimum Gasteiger partial charge on any atom is -0.396 e. The normalized spacial score (nSPS) is 39.9. The van der Waals surface area contributed by atoms with E-state index in [2.05, 4.69) is 11.8 Å². The first-order chi connectivity index (χ1) is 7.61. The fourth-order valence-corrected chi connectivity index (χ4v) is 3.65. The Hall–Kier alpha value is -0.570. The summed E-state index contributed by atoms with van der Waals surface area (Å²) in [5, 5.41) is 9.61. The van der Waals surface area contributed by atoms with Crippen molar-refractivity contribution in [1.29, 1.82) is 0 Å². The van der Waals surface area contributed by atoms with Gasteiger partial charge in [-0.25, -0.2) is 0 Å². The number of carbonyl (C=O) groups excluding carboxylic acids is 1. The molecule has 3 aliphatic rings. The van der Waals surface area contributed by atoms with Crippen LogP contribution in [-0.4, -0.2) is 35.1 Å². The molecule has 3 fully saturated rings. The van der Waals surface area contributed by atoms with Crippen molar-refractivity contribution in [2.75, 3.05) is 13.2 Å². The van der Waals surface area contributed by atoms with Gasteiger partial charge in [-0.05, 0) is 32.1 Å². The van der Waals surface area contributed by atoms with Crippen molar-refractivity contribution in [3.63, 3.8) is 0 Å². The smallest absolute Gasteiger partial charge is 0.228 e. The number of hydrogen-bond donors (Lipinski definition) is 1. The summed E-state index contributed by atoms with van der Waals surface area (Å²) in [5.41, 5.74) is 0.00896. The molecule has 16 heavy (non-hydrogen) atoms. The standard InChI is InChI=1S/C13H21NO2/c1-12(5-6-12)11(16)14-8-7-13(9-15)4-2-3-10(13)14/h10,15H,2-9H2,1H3. The lowest BCUT2D eigenvalue weighted by Crippen LogP contribution is -2.43. The van der Waals surface area contributed by atoms with Gasteiger partial charge in [0.1, 0.15) is 0 Å². The van der Waals surface area contributed by atoms with E-state index in [4.69, 9.17) is 0 Å². The third-order valence-corrected chi connectivity index (χ3v) is 5.18. The van der Waals surface area contributed by atoms with Crippen LogP contribution >= 0.6 is 0 Å². The number of hydrogen-bond acceptors (Lipinski definition) is 2. The molecular weight excluding hydrogens is 202 g/mol. The molecule has 0 aromatic rings. The van der Waals surface area contributed by atoms with Crippen molar-refractivity contribution in [1.82, 2.24) is 4.90 Å². The van der Waals surface area contributed by atoms with Crippen LogP contribution in [0.25, 0.3) is 0 Å². The molecule has 3 rings (SSSR count). The first kappa shape index (κ1) is 10.6. The molecule has 1 heterocycles. The van der Waals surface area contributed by atoms with E-state index in [0.717, 1.165) is 38.6 Å². The Morgan fingerprint density at radius 2 is 2.12 bits per heavy atom. The second kappa shape index (κ2) is 3.22. The van der Waals surface area contributed by atoms with E-state index < -0.39 is 0 Å². The van der Waals surface area contributed by atoms with Crippen LogP contribution in [0.3, 0.4) is 0 Å². The minimum atomic E-state index is -0.0475. The first-order valence-corrected chi connectivity index (χ1v) is 6.53. The quantitative estimate of drug-likeness (QED) is 0.771. The zero-order valence-electron chi connectivity index (χ0n) is 10.0. The Morgan fingerprint density at radius 1 is 1.38 bits per heavy atom. The lowest BCUT2D eigenvalue weighted by molar-refractivity contribution is -0.138. The van der Waals surface area contributed by atoms with Gasteiger partial charge in [-0.2, -0.15) is 0 Å². The van der Waals surface area contributed by atoms with Crippen molar-refractivity contribution in [2.45, 2.75) is 51.5 Å². The minimum absolute atomic E-state index is 0.0475. The third kappa shape index (κ3) is 1.27. The molecule has 90 valence electrons. The SMILES string of the molecule is CC1(C(=O)N2CCC3(CO)CCCC23)CC1. The molecule has 1 amide bonds. The molecule has 2 aliphatic carbocycles. The number of carbonyl (C=O) groups is 1. The third-order valence-electron chi connectivity index (χ3n) is 5.18. The molecule has 3 nitrogen and oxygen atoms in total. The first-order valence-electron chi connectivity index (χ1n) is 6.53. The maximum atomic E-state index is 12.4. The van der Waals surface area contributed by atoms with Gasteiger partial charge >= 0.3 is 0 Å². The van der Waals surface area contributed by atoms with E-state index in [0.29, 0.717) is 11.9 Å². The number of likely N-dealkylation sites (tertiary alicyclic amines) is 1. The Labute approximate surface area is 96.8 Å². The summed E-state index contributed by atoms with van der Waals surface area (Å²) in [6.45, 7) is 3.22. The number of rotatable bonds is 2.